The van der Waals surface area contributed by atoms with Crippen molar-refractivity contribution in [3.05, 3.63) is 6.42 Å². The van der Waals surface area contributed by atoms with E-state index in [0.717, 1.165) is 4.83 Å². The maximum Gasteiger partial charge on any atom is 0.0188 e. The van der Waals surface area contributed by atoms with Crippen LogP contribution >= 0.6 is 31.9 Å². The van der Waals surface area contributed by atoms with Crippen LogP contribution in [0.3, 0.4) is 0 Å². The summed E-state index contributed by atoms with van der Waals surface area (Å²) < 4.78 is 0. The number of rotatable bonds is 0. The van der Waals surface area contributed by atoms with Crippen LogP contribution in [0.25, 0.3) is 0 Å². The lowest BCUT2D eigenvalue weighted by atomic mass is 10.4. The van der Waals surface area contributed by atoms with Gasteiger partial charge in [0.15, 0.2) is 0 Å². The van der Waals surface area contributed by atoms with Gasteiger partial charge in [-0.05, 0) is 19.3 Å². The average molecular weight is 227 g/mol. The van der Waals surface area contributed by atoms with Gasteiger partial charge >= 0.3 is 0 Å². The van der Waals surface area contributed by atoms with Crippen LogP contribution in [0.2, 0.25) is 0 Å². The van der Waals surface area contributed by atoms with Gasteiger partial charge in [-0.3, -0.25) is 0 Å². The van der Waals surface area contributed by atoms with Crippen LogP contribution in [0, 0.1) is 6.42 Å². The zero-order valence-corrected chi connectivity index (χ0v) is 7.07. The molecule has 2 heteroatoms. The molecule has 1 radical (unpaired) electrons. The Morgan fingerprint density at radius 2 is 2.14 bits per heavy atom. The van der Waals surface area contributed by atoms with E-state index in [1.165, 1.54) is 12.8 Å². The maximum atomic E-state index is 3.52. The highest BCUT2D eigenvalue weighted by atomic mass is 79.9. The molecule has 1 aliphatic rings. The van der Waals surface area contributed by atoms with Crippen molar-refractivity contribution in [3.8, 4) is 0 Å². The summed E-state index contributed by atoms with van der Waals surface area (Å²) in [5.74, 6) is 0. The van der Waals surface area contributed by atoms with E-state index in [9.17, 15) is 0 Å². The van der Waals surface area contributed by atoms with Gasteiger partial charge in [0, 0.05) is 9.65 Å². The molecule has 7 heavy (non-hydrogen) atoms. The van der Waals surface area contributed by atoms with E-state index >= 15 is 0 Å². The first-order valence-electron chi connectivity index (χ1n) is 2.40. The predicted molar refractivity (Wildman–Crippen MR) is 39.0 cm³/mol. The van der Waals surface area contributed by atoms with Crippen molar-refractivity contribution in [1.29, 1.82) is 0 Å². The molecule has 0 bridgehead atoms. The second-order valence-corrected chi connectivity index (χ2v) is 4.29. The van der Waals surface area contributed by atoms with Gasteiger partial charge in [-0.15, -0.1) is 0 Å². The van der Waals surface area contributed by atoms with E-state index in [2.05, 4.69) is 38.3 Å². The minimum atomic E-state index is 0.664. The first-order chi connectivity index (χ1) is 3.29. The first-order valence-corrected chi connectivity index (χ1v) is 4.23. The molecule has 1 aliphatic carbocycles. The van der Waals surface area contributed by atoms with Gasteiger partial charge in [-0.1, -0.05) is 31.9 Å². The molecule has 2 unspecified atom stereocenters. The molecule has 0 aromatic rings. The van der Waals surface area contributed by atoms with Crippen molar-refractivity contribution in [1.82, 2.24) is 0 Å². The van der Waals surface area contributed by atoms with Crippen molar-refractivity contribution >= 4 is 31.9 Å². The van der Waals surface area contributed by atoms with Gasteiger partial charge in [0.25, 0.3) is 0 Å². The van der Waals surface area contributed by atoms with Gasteiger partial charge in [0.1, 0.15) is 0 Å². The molecule has 1 rings (SSSR count). The van der Waals surface area contributed by atoms with Crippen molar-refractivity contribution in [3.63, 3.8) is 0 Å². The Kier molecular flexibility index (Phi) is 2.17. The summed E-state index contributed by atoms with van der Waals surface area (Å²) >= 11 is 7.01. The van der Waals surface area contributed by atoms with Crippen LogP contribution in [0.15, 0.2) is 0 Å². The molecule has 2 atom stereocenters. The molecule has 1 saturated carbocycles. The molecule has 41 valence electrons. The molecular weight excluding hydrogens is 220 g/mol. The minimum absolute atomic E-state index is 0.664. The fraction of sp³-hybridized carbons (Fsp3) is 0.800. The molecule has 0 aromatic carbocycles. The monoisotopic (exact) mass is 225 g/mol. The maximum absolute atomic E-state index is 3.52. The van der Waals surface area contributed by atoms with E-state index in [1.54, 1.807) is 0 Å². The van der Waals surface area contributed by atoms with E-state index in [-0.39, 0.29) is 0 Å². The highest BCUT2D eigenvalue weighted by Gasteiger charge is 2.19. The first kappa shape index (κ1) is 6.09. The summed E-state index contributed by atoms with van der Waals surface area (Å²) in [5, 5.41) is 0. The number of hydrogen-bond acceptors (Lipinski definition) is 0. The molecule has 0 N–H and O–H groups in total. The minimum Gasteiger partial charge on any atom is -0.0890 e. The number of alkyl halides is 2. The molecule has 0 aromatic heterocycles. The summed E-state index contributed by atoms with van der Waals surface area (Å²) in [6.45, 7) is 0. The van der Waals surface area contributed by atoms with Crippen molar-refractivity contribution in [2.75, 3.05) is 0 Å². The van der Waals surface area contributed by atoms with Crippen LogP contribution in [-0.2, 0) is 0 Å². The second-order valence-electron chi connectivity index (χ2n) is 1.82. The van der Waals surface area contributed by atoms with Crippen LogP contribution < -0.4 is 0 Å². The number of halogens is 2. The lowest BCUT2D eigenvalue weighted by Crippen LogP contribution is -1.89. The van der Waals surface area contributed by atoms with Crippen LogP contribution in [-0.4, -0.2) is 9.65 Å². The SMILES string of the molecule is BrC1[CH]CC(Br)C1. The molecule has 0 nitrogen and oxygen atoms in total. The molecule has 0 saturated heterocycles. The van der Waals surface area contributed by atoms with Gasteiger partial charge in [0.05, 0.1) is 0 Å². The fourth-order valence-electron chi connectivity index (χ4n) is 0.732. The second kappa shape index (κ2) is 2.49. The Morgan fingerprint density at radius 1 is 1.43 bits per heavy atom. The molecule has 0 amide bonds. The van der Waals surface area contributed by atoms with E-state index < -0.39 is 0 Å². The summed E-state index contributed by atoms with van der Waals surface area (Å²) in [4.78, 5) is 1.40. The predicted octanol–water partition coefficient (Wildman–Crippen LogP) is 2.51. The summed E-state index contributed by atoms with van der Waals surface area (Å²) in [5.41, 5.74) is 0. The average Bonchev–Trinajstić information content (AvgIpc) is 1.87. The summed E-state index contributed by atoms with van der Waals surface area (Å²) in [6, 6.07) is 0. The third-order valence-electron chi connectivity index (χ3n) is 1.13. The van der Waals surface area contributed by atoms with E-state index in [4.69, 9.17) is 0 Å². The smallest absolute Gasteiger partial charge is 0.0188 e. The van der Waals surface area contributed by atoms with Crippen LogP contribution in [0.5, 0.6) is 0 Å². The van der Waals surface area contributed by atoms with Gasteiger partial charge in [-0.25, -0.2) is 0 Å². The molecular formula is C5H7Br2. The van der Waals surface area contributed by atoms with Crippen LogP contribution in [0.4, 0.5) is 0 Å². The largest absolute Gasteiger partial charge is 0.0890 e. The molecule has 1 fully saturated rings. The summed E-state index contributed by atoms with van der Waals surface area (Å²) in [7, 11) is 0. The van der Waals surface area contributed by atoms with E-state index in [1.807, 2.05) is 0 Å². The lowest BCUT2D eigenvalue weighted by molar-refractivity contribution is 0.936. The third-order valence-corrected chi connectivity index (χ3v) is 2.62. The Labute approximate surface area is 60.9 Å². The van der Waals surface area contributed by atoms with Crippen molar-refractivity contribution in [2.24, 2.45) is 0 Å². The zero-order chi connectivity index (χ0) is 5.28. The molecule has 0 spiro atoms. The quantitative estimate of drug-likeness (QED) is 0.557. The standard InChI is InChI=1S/C5H7Br2/c6-4-1-2-5(7)3-4/h1,4-5H,2-3H2. The Hall–Kier alpha value is 0.960. The highest BCUT2D eigenvalue weighted by Crippen LogP contribution is 2.29. The van der Waals surface area contributed by atoms with Crippen molar-refractivity contribution < 1.29 is 0 Å². The summed E-state index contributed by atoms with van der Waals surface area (Å²) in [6.07, 6.45) is 4.76. The molecule has 0 heterocycles. The molecule has 0 aliphatic heterocycles. The van der Waals surface area contributed by atoms with Gasteiger partial charge in [0.2, 0.25) is 0 Å². The van der Waals surface area contributed by atoms with Gasteiger partial charge < -0.3 is 0 Å². The Balaban J connectivity index is 2.26. The topological polar surface area (TPSA) is 0 Å². The van der Waals surface area contributed by atoms with Crippen molar-refractivity contribution in [2.45, 2.75) is 22.5 Å². The van der Waals surface area contributed by atoms with Gasteiger partial charge in [-0.2, -0.15) is 0 Å². The third kappa shape index (κ3) is 1.73. The highest BCUT2D eigenvalue weighted by molar-refractivity contribution is 9.10. The Bertz CT molecular complexity index is 55.1. The zero-order valence-electron chi connectivity index (χ0n) is 3.90. The lowest BCUT2D eigenvalue weighted by Gasteiger charge is -1.92. The Morgan fingerprint density at radius 3 is 2.29 bits per heavy atom. The normalized spacial score (nSPS) is 42.0. The van der Waals surface area contributed by atoms with E-state index in [0.29, 0.717) is 4.83 Å². The fourth-order valence-corrected chi connectivity index (χ4v) is 2.52. The number of hydrogen-bond donors (Lipinski definition) is 0. The van der Waals surface area contributed by atoms with Crippen LogP contribution in [0.1, 0.15) is 12.8 Å².